The van der Waals surface area contributed by atoms with Crippen LogP contribution in [0.5, 0.6) is 0 Å². The van der Waals surface area contributed by atoms with E-state index in [4.69, 9.17) is 17.3 Å². The van der Waals surface area contributed by atoms with E-state index < -0.39 is 0 Å². The molecular weight excluding hydrogens is 272 g/mol. The number of halogens is 1. The predicted octanol–water partition coefficient (Wildman–Crippen LogP) is 2.36. The first-order valence-electron chi connectivity index (χ1n) is 5.86. The Labute approximate surface area is 115 Å². The monoisotopic (exact) mass is 286 g/mol. The Morgan fingerprint density at radius 1 is 1.44 bits per heavy atom. The number of hydrogen-bond donors (Lipinski definition) is 2. The van der Waals surface area contributed by atoms with E-state index >= 15 is 0 Å². The number of aldehydes is 1. The van der Waals surface area contributed by atoms with Crippen LogP contribution in [0.4, 0.5) is 11.5 Å². The fourth-order valence-corrected chi connectivity index (χ4v) is 2.87. The fraction of sp³-hybridized carbons (Fsp3) is 0.545. The van der Waals surface area contributed by atoms with Gasteiger partial charge < -0.3 is 15.8 Å². The first kappa shape index (κ1) is 13.4. The van der Waals surface area contributed by atoms with Crippen molar-refractivity contribution in [3.8, 4) is 0 Å². The lowest BCUT2D eigenvalue weighted by molar-refractivity contribution is -0.105. The summed E-state index contributed by atoms with van der Waals surface area (Å²) in [5.74, 6) is 0.885. The number of nitrogens with one attached hydrogen (secondary N) is 1. The Hall–Kier alpha value is -1.01. The van der Waals surface area contributed by atoms with Gasteiger partial charge in [0, 0.05) is 6.04 Å². The molecule has 0 unspecified atom stereocenters. The van der Waals surface area contributed by atoms with Gasteiger partial charge in [-0.15, -0.1) is 0 Å². The second-order valence-corrected chi connectivity index (χ2v) is 5.51. The molecule has 1 fully saturated rings. The van der Waals surface area contributed by atoms with Crippen molar-refractivity contribution in [2.45, 2.75) is 36.8 Å². The number of thioether (sulfide) groups is 1. The van der Waals surface area contributed by atoms with Crippen LogP contribution in [0.15, 0.2) is 5.03 Å². The maximum Gasteiger partial charge on any atom is 0.225 e. The maximum atomic E-state index is 10.4. The lowest BCUT2D eigenvalue weighted by Crippen LogP contribution is -2.17. The maximum absolute atomic E-state index is 10.4. The van der Waals surface area contributed by atoms with Crippen molar-refractivity contribution < 1.29 is 4.79 Å². The normalized spacial score (nSPS) is 15.8. The number of hydrogen-bond acceptors (Lipinski definition) is 6. The molecule has 0 aromatic carbocycles. The average Bonchev–Trinajstić information content (AvgIpc) is 2.84. The molecule has 0 radical (unpaired) electrons. The predicted molar refractivity (Wildman–Crippen MR) is 74.1 cm³/mol. The summed E-state index contributed by atoms with van der Waals surface area (Å²) >= 11 is 7.13. The molecule has 3 N–H and O–H groups in total. The van der Waals surface area contributed by atoms with Crippen LogP contribution in [0.2, 0.25) is 5.28 Å². The van der Waals surface area contributed by atoms with Crippen molar-refractivity contribution in [2.24, 2.45) is 0 Å². The molecule has 0 atom stereocenters. The summed E-state index contributed by atoms with van der Waals surface area (Å²) in [5.41, 5.74) is 6.46. The summed E-state index contributed by atoms with van der Waals surface area (Å²) in [6.45, 7) is 0. The summed E-state index contributed by atoms with van der Waals surface area (Å²) in [6, 6.07) is 0.405. The van der Waals surface area contributed by atoms with Gasteiger partial charge in [-0.2, -0.15) is 4.98 Å². The van der Waals surface area contributed by atoms with Crippen molar-refractivity contribution in [2.75, 3.05) is 16.8 Å². The summed E-state index contributed by atoms with van der Waals surface area (Å²) < 4.78 is 0. The highest BCUT2D eigenvalue weighted by Crippen LogP contribution is 2.31. The van der Waals surface area contributed by atoms with E-state index in [1.165, 1.54) is 24.6 Å². The lowest BCUT2D eigenvalue weighted by Gasteiger charge is -2.15. The number of nitrogens with two attached hydrogens (primary N) is 1. The zero-order chi connectivity index (χ0) is 13.0. The standard InChI is InChI=1S/C11H15ClN4OS/c12-11-15-9(14-7-3-1-2-4-7)8(13)10(16-11)18-6-5-17/h5,7H,1-4,6,13H2,(H,14,15,16). The molecule has 0 saturated heterocycles. The number of nitrogen functional groups attached to an aromatic ring is 1. The molecule has 1 saturated carbocycles. The van der Waals surface area contributed by atoms with Gasteiger partial charge in [0.15, 0.2) is 5.82 Å². The summed E-state index contributed by atoms with van der Waals surface area (Å²) in [6.07, 6.45) is 5.51. The molecule has 1 aliphatic rings. The highest BCUT2D eigenvalue weighted by molar-refractivity contribution is 8.00. The van der Waals surface area contributed by atoms with Crippen LogP contribution < -0.4 is 11.1 Å². The minimum absolute atomic E-state index is 0.151. The number of anilines is 2. The van der Waals surface area contributed by atoms with E-state index in [-0.39, 0.29) is 5.28 Å². The van der Waals surface area contributed by atoms with Gasteiger partial charge in [-0.3, -0.25) is 0 Å². The molecule has 2 rings (SSSR count). The molecule has 1 aromatic rings. The van der Waals surface area contributed by atoms with Crippen LogP contribution >= 0.6 is 23.4 Å². The van der Waals surface area contributed by atoms with E-state index in [2.05, 4.69) is 15.3 Å². The number of carbonyl (C=O) groups is 1. The lowest BCUT2D eigenvalue weighted by atomic mass is 10.2. The average molecular weight is 287 g/mol. The van der Waals surface area contributed by atoms with E-state index in [0.717, 1.165) is 19.1 Å². The van der Waals surface area contributed by atoms with Crippen molar-refractivity contribution >= 4 is 41.2 Å². The zero-order valence-corrected chi connectivity index (χ0v) is 11.4. The molecule has 98 valence electrons. The van der Waals surface area contributed by atoms with Gasteiger partial charge in [0.25, 0.3) is 0 Å². The summed E-state index contributed by atoms with van der Waals surface area (Å²) in [7, 11) is 0. The third-order valence-corrected chi connectivity index (χ3v) is 3.92. The van der Waals surface area contributed by atoms with E-state index in [9.17, 15) is 4.79 Å². The van der Waals surface area contributed by atoms with Crippen LogP contribution in [-0.4, -0.2) is 28.0 Å². The Balaban J connectivity index is 2.17. The molecule has 0 bridgehead atoms. The zero-order valence-electron chi connectivity index (χ0n) is 9.86. The second kappa shape index (κ2) is 6.24. The Bertz CT molecular complexity index is 437. The second-order valence-electron chi connectivity index (χ2n) is 4.16. The van der Waals surface area contributed by atoms with Gasteiger partial charge in [-0.1, -0.05) is 24.6 Å². The van der Waals surface area contributed by atoms with Crippen LogP contribution in [0.1, 0.15) is 25.7 Å². The largest absolute Gasteiger partial charge is 0.394 e. The highest BCUT2D eigenvalue weighted by atomic mass is 35.5. The fourth-order valence-electron chi connectivity index (χ4n) is 2.02. The molecule has 0 spiro atoms. The van der Waals surface area contributed by atoms with Crippen molar-refractivity contribution in [1.82, 2.24) is 9.97 Å². The third kappa shape index (κ3) is 3.26. The molecule has 5 nitrogen and oxygen atoms in total. The molecule has 1 heterocycles. The minimum atomic E-state index is 0.151. The quantitative estimate of drug-likeness (QED) is 0.374. The van der Waals surface area contributed by atoms with Gasteiger partial charge in [0.2, 0.25) is 5.28 Å². The van der Waals surface area contributed by atoms with Gasteiger partial charge in [-0.05, 0) is 24.4 Å². The van der Waals surface area contributed by atoms with Gasteiger partial charge in [0.05, 0.1) is 5.75 Å². The van der Waals surface area contributed by atoms with E-state index in [1.807, 2.05) is 0 Å². The molecule has 0 amide bonds. The van der Waals surface area contributed by atoms with Gasteiger partial charge >= 0.3 is 0 Å². The first-order valence-corrected chi connectivity index (χ1v) is 7.23. The van der Waals surface area contributed by atoms with Crippen LogP contribution in [-0.2, 0) is 4.79 Å². The molecule has 18 heavy (non-hydrogen) atoms. The number of aromatic nitrogens is 2. The molecular formula is C11H15ClN4OS. The Morgan fingerprint density at radius 3 is 2.83 bits per heavy atom. The Morgan fingerprint density at radius 2 is 2.17 bits per heavy atom. The van der Waals surface area contributed by atoms with Crippen LogP contribution in [0, 0.1) is 0 Å². The highest BCUT2D eigenvalue weighted by Gasteiger charge is 2.18. The van der Waals surface area contributed by atoms with Gasteiger partial charge in [-0.25, -0.2) is 4.98 Å². The van der Waals surface area contributed by atoms with Crippen LogP contribution in [0.3, 0.4) is 0 Å². The van der Waals surface area contributed by atoms with Crippen LogP contribution in [0.25, 0.3) is 0 Å². The van der Waals surface area contributed by atoms with E-state index in [1.54, 1.807) is 0 Å². The SMILES string of the molecule is Nc1c(NC2CCCC2)nc(Cl)nc1SCC=O. The minimum Gasteiger partial charge on any atom is -0.394 e. The molecule has 0 aliphatic heterocycles. The first-order chi connectivity index (χ1) is 8.70. The van der Waals surface area contributed by atoms with Crippen molar-refractivity contribution in [3.63, 3.8) is 0 Å². The topological polar surface area (TPSA) is 80.9 Å². The van der Waals surface area contributed by atoms with Crippen molar-refractivity contribution in [1.29, 1.82) is 0 Å². The van der Waals surface area contributed by atoms with Gasteiger partial charge in [0.1, 0.15) is 17.0 Å². The smallest absolute Gasteiger partial charge is 0.225 e. The Kier molecular flexibility index (Phi) is 4.66. The number of carbonyl (C=O) groups excluding carboxylic acids is 1. The number of nitrogens with zero attached hydrogens (tertiary/aromatic N) is 2. The number of rotatable bonds is 5. The third-order valence-electron chi connectivity index (χ3n) is 2.87. The molecule has 1 aromatic heterocycles. The van der Waals surface area contributed by atoms with Crippen molar-refractivity contribution in [3.05, 3.63) is 5.28 Å². The summed E-state index contributed by atoms with van der Waals surface area (Å²) in [4.78, 5) is 18.5. The van der Waals surface area contributed by atoms with E-state index in [0.29, 0.717) is 28.3 Å². The molecule has 1 aliphatic carbocycles. The summed E-state index contributed by atoms with van der Waals surface area (Å²) in [5, 5.41) is 4.01. The molecule has 7 heteroatoms.